The van der Waals surface area contributed by atoms with Gasteiger partial charge >= 0.3 is 0 Å². The molecule has 2 aromatic heterocycles. The largest absolute Gasteiger partial charge is 0.493 e. The lowest BCUT2D eigenvalue weighted by Crippen LogP contribution is -1.98. The quantitative estimate of drug-likeness (QED) is 0.442. The molecular weight excluding hydrogens is 402 g/mol. The van der Waals surface area contributed by atoms with Crippen molar-refractivity contribution in [3.8, 4) is 28.5 Å². The van der Waals surface area contributed by atoms with Gasteiger partial charge in [0.15, 0.2) is 11.5 Å². The summed E-state index contributed by atoms with van der Waals surface area (Å²) in [6.45, 7) is 0. The molecule has 0 amide bonds. The molecule has 2 heterocycles. The summed E-state index contributed by atoms with van der Waals surface area (Å²) in [6.07, 6.45) is 3.57. The van der Waals surface area contributed by atoms with E-state index in [0.717, 1.165) is 33.5 Å². The number of pyridine rings is 2. The smallest absolute Gasteiger partial charge is 0.203 e. The Morgan fingerprint density at radius 2 is 1.53 bits per heavy atom. The summed E-state index contributed by atoms with van der Waals surface area (Å²) >= 11 is 0. The van der Waals surface area contributed by atoms with E-state index in [1.165, 1.54) is 0 Å². The van der Waals surface area contributed by atoms with Gasteiger partial charge in [0.05, 0.1) is 32.5 Å². The lowest BCUT2D eigenvalue weighted by Gasteiger charge is -2.16. The van der Waals surface area contributed by atoms with Crippen molar-refractivity contribution in [3.63, 3.8) is 0 Å². The molecule has 0 fully saturated rings. The van der Waals surface area contributed by atoms with Crippen LogP contribution in [0.3, 0.4) is 0 Å². The van der Waals surface area contributed by atoms with Gasteiger partial charge in [0, 0.05) is 46.9 Å². The van der Waals surface area contributed by atoms with Crippen LogP contribution >= 0.6 is 12.4 Å². The first-order valence-electron chi connectivity index (χ1n) is 9.10. The van der Waals surface area contributed by atoms with Gasteiger partial charge in [-0.1, -0.05) is 18.2 Å². The molecule has 4 rings (SSSR count). The van der Waals surface area contributed by atoms with E-state index in [4.69, 9.17) is 14.2 Å². The number of nitrogens with zero attached hydrogens (tertiary/aromatic N) is 2. The van der Waals surface area contributed by atoms with Crippen LogP contribution in [0, 0.1) is 0 Å². The number of benzene rings is 2. The zero-order valence-corrected chi connectivity index (χ0v) is 17.7. The Hall–Kier alpha value is -3.51. The van der Waals surface area contributed by atoms with Crippen molar-refractivity contribution < 1.29 is 14.2 Å². The van der Waals surface area contributed by atoms with Crippen molar-refractivity contribution in [2.45, 2.75) is 0 Å². The summed E-state index contributed by atoms with van der Waals surface area (Å²) in [5, 5.41) is 4.44. The number of halogens is 1. The van der Waals surface area contributed by atoms with Crippen LogP contribution in [0.5, 0.6) is 17.2 Å². The van der Waals surface area contributed by atoms with E-state index in [1.807, 2.05) is 54.6 Å². The van der Waals surface area contributed by atoms with Crippen LogP contribution < -0.4 is 19.5 Å². The van der Waals surface area contributed by atoms with Gasteiger partial charge in [-0.3, -0.25) is 9.97 Å². The van der Waals surface area contributed by atoms with E-state index >= 15 is 0 Å². The van der Waals surface area contributed by atoms with Crippen LogP contribution in [0.4, 0.5) is 11.4 Å². The fraction of sp³-hybridized carbons (Fsp3) is 0.130. The van der Waals surface area contributed by atoms with E-state index < -0.39 is 0 Å². The predicted molar refractivity (Wildman–Crippen MR) is 122 cm³/mol. The Morgan fingerprint density at radius 3 is 2.17 bits per heavy atom. The van der Waals surface area contributed by atoms with Crippen molar-refractivity contribution in [1.29, 1.82) is 0 Å². The fourth-order valence-electron chi connectivity index (χ4n) is 3.26. The van der Waals surface area contributed by atoms with Crippen molar-refractivity contribution in [1.82, 2.24) is 9.97 Å². The lowest BCUT2D eigenvalue weighted by molar-refractivity contribution is 0.324. The zero-order chi connectivity index (χ0) is 20.2. The standard InChI is InChI=1S/C23H21N3O3.ClH/c1-27-21-13-16(14-22(28-2)23(21)29-3)26-19-9-11-25-20-12-15(7-8-17(19)20)18-6-4-5-10-24-18;/h4-14H,1-3H3,(H,25,26);1H. The summed E-state index contributed by atoms with van der Waals surface area (Å²) in [5.41, 5.74) is 4.57. The first-order valence-corrected chi connectivity index (χ1v) is 9.10. The van der Waals surface area contributed by atoms with E-state index in [0.29, 0.717) is 17.2 Å². The molecule has 0 bridgehead atoms. The van der Waals surface area contributed by atoms with Gasteiger partial charge in [-0.05, 0) is 24.3 Å². The maximum Gasteiger partial charge on any atom is 0.203 e. The average Bonchev–Trinajstić information content (AvgIpc) is 2.78. The number of nitrogens with one attached hydrogen (secondary N) is 1. The molecule has 154 valence electrons. The molecule has 0 unspecified atom stereocenters. The molecule has 30 heavy (non-hydrogen) atoms. The highest BCUT2D eigenvalue weighted by molar-refractivity contribution is 5.95. The highest BCUT2D eigenvalue weighted by Crippen LogP contribution is 2.41. The summed E-state index contributed by atoms with van der Waals surface area (Å²) < 4.78 is 16.3. The monoisotopic (exact) mass is 423 g/mol. The molecule has 0 saturated heterocycles. The lowest BCUT2D eigenvalue weighted by atomic mass is 10.1. The number of ether oxygens (including phenoxy) is 3. The molecule has 0 radical (unpaired) electrons. The summed E-state index contributed by atoms with van der Waals surface area (Å²) in [7, 11) is 4.78. The number of rotatable bonds is 6. The SMILES string of the molecule is COc1cc(Nc2ccnc3cc(-c4ccccn4)ccc23)cc(OC)c1OC.Cl. The molecule has 0 atom stereocenters. The number of hydrogen-bond donors (Lipinski definition) is 1. The van der Waals surface area contributed by atoms with Crippen molar-refractivity contribution in [2.24, 2.45) is 0 Å². The third kappa shape index (κ3) is 4.09. The summed E-state index contributed by atoms with van der Waals surface area (Å²) in [5.74, 6) is 1.73. The Balaban J connectivity index is 0.00000256. The van der Waals surface area contributed by atoms with Gasteiger partial charge in [-0.25, -0.2) is 0 Å². The molecule has 0 aliphatic carbocycles. The molecule has 7 heteroatoms. The van der Waals surface area contributed by atoms with Crippen LogP contribution in [0.25, 0.3) is 22.2 Å². The molecule has 2 aromatic carbocycles. The van der Waals surface area contributed by atoms with Crippen molar-refractivity contribution in [2.75, 3.05) is 26.6 Å². The van der Waals surface area contributed by atoms with E-state index in [9.17, 15) is 0 Å². The Labute approximate surface area is 181 Å². The molecule has 0 spiro atoms. The second-order valence-electron chi connectivity index (χ2n) is 6.34. The van der Waals surface area contributed by atoms with Gasteiger partial charge in [0.1, 0.15) is 0 Å². The van der Waals surface area contributed by atoms with Crippen molar-refractivity contribution >= 4 is 34.7 Å². The summed E-state index contributed by atoms with van der Waals surface area (Å²) in [4.78, 5) is 8.94. The van der Waals surface area contributed by atoms with Gasteiger partial charge in [0.25, 0.3) is 0 Å². The molecule has 6 nitrogen and oxygen atoms in total. The number of methoxy groups -OCH3 is 3. The van der Waals surface area contributed by atoms with Gasteiger partial charge < -0.3 is 19.5 Å². The van der Waals surface area contributed by atoms with Crippen molar-refractivity contribution in [3.05, 3.63) is 67.0 Å². The predicted octanol–water partition coefficient (Wildman–Crippen LogP) is 5.49. The van der Waals surface area contributed by atoms with Crippen LogP contribution in [-0.2, 0) is 0 Å². The molecule has 0 saturated carbocycles. The summed E-state index contributed by atoms with van der Waals surface area (Å²) in [6, 6.07) is 17.7. The first kappa shape index (κ1) is 21.2. The number of hydrogen-bond acceptors (Lipinski definition) is 6. The Kier molecular flexibility index (Phi) is 6.59. The van der Waals surface area contributed by atoms with E-state index in [1.54, 1.807) is 33.7 Å². The molecule has 0 aliphatic heterocycles. The number of anilines is 2. The number of fused-ring (bicyclic) bond motifs is 1. The molecule has 0 aliphatic rings. The normalized spacial score (nSPS) is 10.2. The van der Waals surface area contributed by atoms with Crippen LogP contribution in [0.1, 0.15) is 0 Å². The van der Waals surface area contributed by atoms with Gasteiger partial charge in [0.2, 0.25) is 5.75 Å². The Morgan fingerprint density at radius 1 is 0.767 bits per heavy atom. The second kappa shape index (κ2) is 9.33. The molecule has 4 aromatic rings. The van der Waals surface area contributed by atoms with Crippen LogP contribution in [-0.4, -0.2) is 31.3 Å². The maximum atomic E-state index is 5.44. The minimum atomic E-state index is 0. The third-order valence-corrected chi connectivity index (χ3v) is 4.65. The Bertz CT molecular complexity index is 1130. The number of aromatic nitrogens is 2. The minimum absolute atomic E-state index is 0. The topological polar surface area (TPSA) is 65.5 Å². The molecular formula is C23H22ClN3O3. The molecule has 1 N–H and O–H groups in total. The zero-order valence-electron chi connectivity index (χ0n) is 16.9. The highest BCUT2D eigenvalue weighted by atomic mass is 35.5. The fourth-order valence-corrected chi connectivity index (χ4v) is 3.26. The van der Waals surface area contributed by atoms with E-state index in [2.05, 4.69) is 15.3 Å². The highest BCUT2D eigenvalue weighted by Gasteiger charge is 2.14. The van der Waals surface area contributed by atoms with Gasteiger partial charge in [-0.2, -0.15) is 0 Å². The maximum absolute atomic E-state index is 5.44. The van der Waals surface area contributed by atoms with Crippen LogP contribution in [0.15, 0.2) is 67.0 Å². The third-order valence-electron chi connectivity index (χ3n) is 4.65. The van der Waals surface area contributed by atoms with Gasteiger partial charge in [-0.15, -0.1) is 12.4 Å². The van der Waals surface area contributed by atoms with E-state index in [-0.39, 0.29) is 12.4 Å². The van der Waals surface area contributed by atoms with Crippen LogP contribution in [0.2, 0.25) is 0 Å². The second-order valence-corrected chi connectivity index (χ2v) is 6.34. The average molecular weight is 424 g/mol. The minimum Gasteiger partial charge on any atom is -0.493 e. The first-order chi connectivity index (χ1) is 14.2.